The van der Waals surface area contributed by atoms with Crippen molar-refractivity contribution >= 4 is 11.8 Å². The molecule has 0 radical (unpaired) electrons. The van der Waals surface area contributed by atoms with E-state index in [9.17, 15) is 0 Å². The Bertz CT molecular complexity index is 119. The molecule has 1 aliphatic rings. The predicted octanol–water partition coefficient (Wildman–Crippen LogP) is 1.03. The molecule has 0 aromatic rings. The van der Waals surface area contributed by atoms with Gasteiger partial charge in [-0.25, -0.2) is 0 Å². The van der Waals surface area contributed by atoms with E-state index in [0.29, 0.717) is 0 Å². The van der Waals surface area contributed by atoms with Crippen molar-refractivity contribution in [3.8, 4) is 0 Å². The minimum absolute atomic E-state index is 0.808. The second kappa shape index (κ2) is 5.84. The van der Waals surface area contributed by atoms with Crippen LogP contribution in [0.25, 0.3) is 0 Å². The Labute approximate surface area is 80.1 Å². The molecule has 0 saturated carbocycles. The summed E-state index contributed by atoms with van der Waals surface area (Å²) in [5, 5.41) is 3.27. The van der Waals surface area contributed by atoms with Gasteiger partial charge in [-0.2, -0.15) is 11.8 Å². The Kier molecular flexibility index (Phi) is 5.04. The van der Waals surface area contributed by atoms with E-state index in [1.165, 1.54) is 31.7 Å². The van der Waals surface area contributed by atoms with E-state index >= 15 is 0 Å². The zero-order valence-electron chi connectivity index (χ0n) is 8.18. The lowest BCUT2D eigenvalue weighted by Gasteiger charge is -2.23. The van der Waals surface area contributed by atoms with Gasteiger partial charge in [0.2, 0.25) is 0 Å². The molecule has 1 N–H and O–H groups in total. The standard InChI is InChI=1S/C9H20N2S/c1-10-8-9-4-3-5-11(9)6-7-12-2/h9-10H,3-8H2,1-2H3. The molecule has 1 unspecified atom stereocenters. The fourth-order valence-corrected chi connectivity index (χ4v) is 2.28. The monoisotopic (exact) mass is 188 g/mol. The highest BCUT2D eigenvalue weighted by molar-refractivity contribution is 7.98. The van der Waals surface area contributed by atoms with Crippen LogP contribution in [0.1, 0.15) is 12.8 Å². The molecule has 0 bridgehead atoms. The van der Waals surface area contributed by atoms with Crippen LogP contribution in [0.4, 0.5) is 0 Å². The number of thioether (sulfide) groups is 1. The van der Waals surface area contributed by atoms with E-state index in [-0.39, 0.29) is 0 Å². The van der Waals surface area contributed by atoms with Gasteiger partial charge in [0.1, 0.15) is 0 Å². The molecular weight excluding hydrogens is 168 g/mol. The molecule has 1 fully saturated rings. The second-order valence-corrected chi connectivity index (χ2v) is 4.37. The van der Waals surface area contributed by atoms with Gasteiger partial charge in [-0.3, -0.25) is 4.90 Å². The van der Waals surface area contributed by atoms with Crippen LogP contribution in [0.15, 0.2) is 0 Å². The highest BCUT2D eigenvalue weighted by atomic mass is 32.2. The van der Waals surface area contributed by atoms with Gasteiger partial charge < -0.3 is 5.32 Å². The number of hydrogen-bond acceptors (Lipinski definition) is 3. The largest absolute Gasteiger partial charge is 0.318 e. The number of likely N-dealkylation sites (N-methyl/N-ethyl adjacent to an activating group) is 1. The zero-order valence-corrected chi connectivity index (χ0v) is 8.99. The third kappa shape index (κ3) is 2.96. The Hall–Kier alpha value is 0.270. The molecule has 0 spiro atoms. The molecule has 1 heterocycles. The SMILES string of the molecule is CNCC1CCCN1CCSC. The molecule has 1 aliphatic heterocycles. The average Bonchev–Trinajstić information content (AvgIpc) is 2.50. The van der Waals surface area contributed by atoms with Crippen molar-refractivity contribution in [1.82, 2.24) is 10.2 Å². The molecular formula is C9H20N2S. The van der Waals surface area contributed by atoms with Gasteiger partial charge in [0.05, 0.1) is 0 Å². The molecule has 0 aromatic carbocycles. The number of hydrogen-bond donors (Lipinski definition) is 1. The van der Waals surface area contributed by atoms with E-state index in [4.69, 9.17) is 0 Å². The minimum Gasteiger partial charge on any atom is -0.318 e. The van der Waals surface area contributed by atoms with E-state index < -0.39 is 0 Å². The van der Waals surface area contributed by atoms with E-state index in [0.717, 1.165) is 12.6 Å². The van der Waals surface area contributed by atoms with Gasteiger partial charge in [0.15, 0.2) is 0 Å². The fourth-order valence-electron chi connectivity index (χ4n) is 1.86. The molecule has 0 amide bonds. The summed E-state index contributed by atoms with van der Waals surface area (Å²) in [7, 11) is 2.05. The van der Waals surface area contributed by atoms with Crippen molar-refractivity contribution in [2.45, 2.75) is 18.9 Å². The van der Waals surface area contributed by atoms with E-state index in [2.05, 4.69) is 16.5 Å². The highest BCUT2D eigenvalue weighted by Gasteiger charge is 2.22. The Morgan fingerprint density at radius 1 is 1.58 bits per heavy atom. The third-order valence-electron chi connectivity index (χ3n) is 2.52. The highest BCUT2D eigenvalue weighted by Crippen LogP contribution is 2.16. The van der Waals surface area contributed by atoms with Gasteiger partial charge in [-0.05, 0) is 32.7 Å². The van der Waals surface area contributed by atoms with Gasteiger partial charge in [0.25, 0.3) is 0 Å². The van der Waals surface area contributed by atoms with Crippen LogP contribution in [0.3, 0.4) is 0 Å². The summed E-state index contributed by atoms with van der Waals surface area (Å²) in [5.74, 6) is 1.28. The number of nitrogens with one attached hydrogen (secondary N) is 1. The maximum absolute atomic E-state index is 3.27. The summed E-state index contributed by atoms with van der Waals surface area (Å²) in [5.41, 5.74) is 0. The van der Waals surface area contributed by atoms with Crippen molar-refractivity contribution in [3.05, 3.63) is 0 Å². The first kappa shape index (κ1) is 10.4. The quantitative estimate of drug-likeness (QED) is 0.694. The Morgan fingerprint density at radius 2 is 2.42 bits per heavy atom. The minimum atomic E-state index is 0.808. The predicted molar refractivity (Wildman–Crippen MR) is 56.9 cm³/mol. The first-order chi connectivity index (χ1) is 5.88. The summed E-state index contributed by atoms with van der Waals surface area (Å²) in [4.78, 5) is 2.62. The summed E-state index contributed by atoms with van der Waals surface area (Å²) < 4.78 is 0. The van der Waals surface area contributed by atoms with Crippen LogP contribution in [0.2, 0.25) is 0 Å². The first-order valence-corrected chi connectivity index (χ1v) is 6.15. The van der Waals surface area contributed by atoms with Crippen molar-refractivity contribution in [2.75, 3.05) is 38.7 Å². The third-order valence-corrected chi connectivity index (χ3v) is 3.11. The fraction of sp³-hybridized carbons (Fsp3) is 1.00. The van der Waals surface area contributed by atoms with Crippen LogP contribution >= 0.6 is 11.8 Å². The lowest BCUT2D eigenvalue weighted by molar-refractivity contribution is 0.266. The molecule has 12 heavy (non-hydrogen) atoms. The van der Waals surface area contributed by atoms with Crippen LogP contribution < -0.4 is 5.32 Å². The van der Waals surface area contributed by atoms with Crippen LogP contribution in [-0.2, 0) is 0 Å². The number of nitrogens with zero attached hydrogens (tertiary/aromatic N) is 1. The molecule has 1 atom stereocenters. The van der Waals surface area contributed by atoms with Crippen molar-refractivity contribution < 1.29 is 0 Å². The van der Waals surface area contributed by atoms with Crippen molar-refractivity contribution in [3.63, 3.8) is 0 Å². The van der Waals surface area contributed by atoms with Crippen LogP contribution in [0.5, 0.6) is 0 Å². The van der Waals surface area contributed by atoms with Crippen LogP contribution in [0, 0.1) is 0 Å². The molecule has 3 heteroatoms. The molecule has 2 nitrogen and oxygen atoms in total. The van der Waals surface area contributed by atoms with E-state index in [1.54, 1.807) is 0 Å². The van der Waals surface area contributed by atoms with Gasteiger partial charge >= 0.3 is 0 Å². The summed E-state index contributed by atoms with van der Waals surface area (Å²) >= 11 is 1.95. The normalized spacial score (nSPS) is 25.0. The molecule has 0 aliphatic carbocycles. The first-order valence-electron chi connectivity index (χ1n) is 4.76. The summed E-state index contributed by atoms with van der Waals surface area (Å²) in [6.45, 7) is 3.74. The molecule has 72 valence electrons. The Balaban J connectivity index is 2.20. The van der Waals surface area contributed by atoms with E-state index in [1.807, 2.05) is 18.8 Å². The van der Waals surface area contributed by atoms with Crippen LogP contribution in [-0.4, -0.2) is 49.6 Å². The molecule has 1 rings (SSSR count). The molecule has 1 saturated heterocycles. The smallest absolute Gasteiger partial charge is 0.0221 e. The summed E-state index contributed by atoms with van der Waals surface area (Å²) in [6.07, 6.45) is 4.96. The maximum Gasteiger partial charge on any atom is 0.0221 e. The lowest BCUT2D eigenvalue weighted by Crippen LogP contribution is -2.37. The van der Waals surface area contributed by atoms with Gasteiger partial charge in [0, 0.05) is 24.9 Å². The van der Waals surface area contributed by atoms with Crippen molar-refractivity contribution in [2.24, 2.45) is 0 Å². The zero-order chi connectivity index (χ0) is 8.81. The number of likely N-dealkylation sites (tertiary alicyclic amines) is 1. The Morgan fingerprint density at radius 3 is 3.08 bits per heavy atom. The van der Waals surface area contributed by atoms with Gasteiger partial charge in [-0.15, -0.1) is 0 Å². The average molecular weight is 188 g/mol. The van der Waals surface area contributed by atoms with Gasteiger partial charge in [-0.1, -0.05) is 0 Å². The molecule has 0 aromatic heterocycles. The number of rotatable bonds is 5. The topological polar surface area (TPSA) is 15.3 Å². The second-order valence-electron chi connectivity index (χ2n) is 3.38. The summed E-state index contributed by atoms with van der Waals surface area (Å²) in [6, 6.07) is 0.808. The van der Waals surface area contributed by atoms with Crippen molar-refractivity contribution in [1.29, 1.82) is 0 Å². The maximum atomic E-state index is 3.27. The lowest BCUT2D eigenvalue weighted by atomic mass is 10.2.